The molecule has 4 aromatic rings. The van der Waals surface area contributed by atoms with Crippen molar-refractivity contribution in [1.29, 1.82) is 0 Å². The smallest absolute Gasteiger partial charge is 0.266 e. The SMILES string of the molecule is ClCc1nnc(-c2nc3ccccc3o2)n1-c1ccccc1. The first-order valence-corrected chi connectivity index (χ1v) is 7.32. The number of benzene rings is 2. The fourth-order valence-electron chi connectivity index (χ4n) is 2.36. The molecule has 2 aromatic carbocycles. The topological polar surface area (TPSA) is 56.7 Å². The van der Waals surface area contributed by atoms with E-state index < -0.39 is 0 Å². The third-order valence-corrected chi connectivity index (χ3v) is 3.59. The molecule has 0 amide bonds. The Kier molecular flexibility index (Phi) is 3.12. The van der Waals surface area contributed by atoms with Crippen molar-refractivity contribution in [1.82, 2.24) is 19.7 Å². The first kappa shape index (κ1) is 13.0. The van der Waals surface area contributed by atoms with Crippen LogP contribution in [0.5, 0.6) is 0 Å². The van der Waals surface area contributed by atoms with Crippen LogP contribution in [-0.4, -0.2) is 19.7 Å². The van der Waals surface area contributed by atoms with Gasteiger partial charge in [0.2, 0.25) is 5.82 Å². The predicted molar refractivity (Wildman–Crippen MR) is 83.9 cm³/mol. The van der Waals surface area contributed by atoms with E-state index in [1.165, 1.54) is 0 Å². The summed E-state index contributed by atoms with van der Waals surface area (Å²) in [4.78, 5) is 4.48. The van der Waals surface area contributed by atoms with Crippen LogP contribution >= 0.6 is 11.6 Å². The minimum absolute atomic E-state index is 0.252. The minimum Gasteiger partial charge on any atom is -0.434 e. The highest BCUT2D eigenvalue weighted by Crippen LogP contribution is 2.26. The van der Waals surface area contributed by atoms with Gasteiger partial charge in [-0.1, -0.05) is 30.3 Å². The summed E-state index contributed by atoms with van der Waals surface area (Å²) in [6, 6.07) is 17.4. The van der Waals surface area contributed by atoms with Gasteiger partial charge in [0, 0.05) is 5.69 Å². The lowest BCUT2D eigenvalue weighted by atomic mass is 10.3. The highest BCUT2D eigenvalue weighted by Gasteiger charge is 2.19. The molecule has 0 fully saturated rings. The van der Waals surface area contributed by atoms with Crippen LogP contribution in [0.2, 0.25) is 0 Å². The normalized spacial score (nSPS) is 11.1. The van der Waals surface area contributed by atoms with E-state index in [1.54, 1.807) is 0 Å². The summed E-state index contributed by atoms with van der Waals surface area (Å²) in [5.74, 6) is 1.86. The number of fused-ring (bicyclic) bond motifs is 1. The van der Waals surface area contributed by atoms with Gasteiger partial charge in [0.15, 0.2) is 11.4 Å². The number of para-hydroxylation sites is 3. The number of hydrogen-bond acceptors (Lipinski definition) is 4. The van der Waals surface area contributed by atoms with Crippen molar-refractivity contribution in [2.45, 2.75) is 5.88 Å². The molecule has 2 aromatic heterocycles. The van der Waals surface area contributed by atoms with Crippen molar-refractivity contribution >= 4 is 22.7 Å². The first-order valence-electron chi connectivity index (χ1n) is 6.78. The summed E-state index contributed by atoms with van der Waals surface area (Å²) < 4.78 is 7.66. The number of hydrogen-bond donors (Lipinski definition) is 0. The van der Waals surface area contributed by atoms with E-state index in [1.807, 2.05) is 59.2 Å². The molecule has 108 valence electrons. The molecular formula is C16H11ClN4O. The molecule has 5 nitrogen and oxygen atoms in total. The van der Waals surface area contributed by atoms with Crippen LogP contribution in [0, 0.1) is 0 Å². The number of alkyl halides is 1. The molecule has 0 saturated heterocycles. The molecular weight excluding hydrogens is 300 g/mol. The van der Waals surface area contributed by atoms with Gasteiger partial charge >= 0.3 is 0 Å². The molecule has 0 saturated carbocycles. The Morgan fingerprint density at radius 3 is 2.50 bits per heavy atom. The lowest BCUT2D eigenvalue weighted by molar-refractivity contribution is 0.610. The Balaban J connectivity index is 1.94. The van der Waals surface area contributed by atoms with Crippen molar-refractivity contribution in [3.8, 4) is 17.4 Å². The Labute approximate surface area is 131 Å². The summed E-state index contributed by atoms with van der Waals surface area (Å²) in [6.07, 6.45) is 0. The van der Waals surface area contributed by atoms with E-state index in [-0.39, 0.29) is 5.88 Å². The van der Waals surface area contributed by atoms with Crippen molar-refractivity contribution < 1.29 is 4.42 Å². The van der Waals surface area contributed by atoms with E-state index in [0.717, 1.165) is 11.2 Å². The van der Waals surface area contributed by atoms with Gasteiger partial charge in [0.05, 0.1) is 5.88 Å². The van der Waals surface area contributed by atoms with Gasteiger partial charge in [0.1, 0.15) is 5.52 Å². The maximum atomic E-state index is 5.99. The van der Waals surface area contributed by atoms with Gasteiger partial charge < -0.3 is 4.42 Å². The predicted octanol–water partition coefficient (Wildman–Crippen LogP) is 3.81. The fourth-order valence-corrected chi connectivity index (χ4v) is 2.53. The van der Waals surface area contributed by atoms with Gasteiger partial charge in [-0.15, -0.1) is 21.8 Å². The summed E-state index contributed by atoms with van der Waals surface area (Å²) in [7, 11) is 0. The molecule has 0 spiro atoms. The Bertz CT molecular complexity index is 897. The van der Waals surface area contributed by atoms with Gasteiger partial charge in [-0.3, -0.25) is 4.57 Å². The maximum absolute atomic E-state index is 5.99. The van der Waals surface area contributed by atoms with Crippen LogP contribution in [0.4, 0.5) is 0 Å². The third-order valence-electron chi connectivity index (χ3n) is 3.35. The number of rotatable bonds is 3. The second kappa shape index (κ2) is 5.27. The standard InChI is InChI=1S/C16H11ClN4O/c17-10-14-19-20-15(21(14)11-6-2-1-3-7-11)16-18-12-8-4-5-9-13(12)22-16/h1-9H,10H2. The highest BCUT2D eigenvalue weighted by molar-refractivity contribution is 6.16. The summed E-state index contributed by atoms with van der Waals surface area (Å²) >= 11 is 5.99. The van der Waals surface area contributed by atoms with E-state index in [0.29, 0.717) is 23.1 Å². The molecule has 0 aliphatic heterocycles. The summed E-state index contributed by atoms with van der Waals surface area (Å²) in [5, 5.41) is 8.34. The fraction of sp³-hybridized carbons (Fsp3) is 0.0625. The van der Waals surface area contributed by atoms with Crippen molar-refractivity contribution in [3.63, 3.8) is 0 Å². The maximum Gasteiger partial charge on any atom is 0.266 e. The van der Waals surface area contributed by atoms with Crippen molar-refractivity contribution in [2.75, 3.05) is 0 Å². The zero-order valence-corrected chi connectivity index (χ0v) is 12.2. The minimum atomic E-state index is 0.252. The third kappa shape index (κ3) is 2.07. The molecule has 4 rings (SSSR count). The number of aromatic nitrogens is 4. The van der Waals surface area contributed by atoms with E-state index >= 15 is 0 Å². The van der Waals surface area contributed by atoms with Crippen LogP contribution in [0.1, 0.15) is 5.82 Å². The lowest BCUT2D eigenvalue weighted by Crippen LogP contribution is -2.01. The quantitative estimate of drug-likeness (QED) is 0.540. The molecule has 0 unspecified atom stereocenters. The largest absolute Gasteiger partial charge is 0.434 e. The van der Waals surface area contributed by atoms with E-state index in [9.17, 15) is 0 Å². The van der Waals surface area contributed by atoms with Gasteiger partial charge in [-0.25, -0.2) is 4.98 Å². The number of halogens is 1. The van der Waals surface area contributed by atoms with Crippen LogP contribution in [0.25, 0.3) is 28.5 Å². The number of nitrogens with zero attached hydrogens (tertiary/aromatic N) is 4. The summed E-state index contributed by atoms with van der Waals surface area (Å²) in [5.41, 5.74) is 2.42. The second-order valence-electron chi connectivity index (χ2n) is 4.73. The molecule has 0 bridgehead atoms. The molecule has 0 atom stereocenters. The number of oxazole rings is 1. The molecule has 2 heterocycles. The van der Waals surface area contributed by atoms with Gasteiger partial charge in [-0.2, -0.15) is 0 Å². The Morgan fingerprint density at radius 1 is 0.955 bits per heavy atom. The summed E-state index contributed by atoms with van der Waals surface area (Å²) in [6.45, 7) is 0. The van der Waals surface area contributed by atoms with E-state index in [2.05, 4.69) is 15.2 Å². The lowest BCUT2D eigenvalue weighted by Gasteiger charge is -2.06. The Morgan fingerprint density at radius 2 is 1.73 bits per heavy atom. The Hall–Kier alpha value is -2.66. The molecule has 22 heavy (non-hydrogen) atoms. The molecule has 0 radical (unpaired) electrons. The van der Waals surface area contributed by atoms with Crippen LogP contribution < -0.4 is 0 Å². The first-order chi connectivity index (χ1) is 10.9. The van der Waals surface area contributed by atoms with E-state index in [4.69, 9.17) is 16.0 Å². The average Bonchev–Trinajstić information content (AvgIpc) is 3.18. The monoisotopic (exact) mass is 310 g/mol. The van der Waals surface area contributed by atoms with Crippen molar-refractivity contribution in [3.05, 3.63) is 60.4 Å². The average molecular weight is 311 g/mol. The molecule has 0 aliphatic carbocycles. The van der Waals surface area contributed by atoms with Crippen LogP contribution in [0.3, 0.4) is 0 Å². The van der Waals surface area contributed by atoms with Crippen molar-refractivity contribution in [2.24, 2.45) is 0 Å². The van der Waals surface area contributed by atoms with Gasteiger partial charge in [-0.05, 0) is 24.3 Å². The molecule has 6 heteroatoms. The molecule has 0 aliphatic rings. The highest BCUT2D eigenvalue weighted by atomic mass is 35.5. The second-order valence-corrected chi connectivity index (χ2v) is 5.00. The molecule has 0 N–H and O–H groups in total. The van der Waals surface area contributed by atoms with Crippen LogP contribution in [0.15, 0.2) is 59.0 Å². The zero-order chi connectivity index (χ0) is 14.9. The van der Waals surface area contributed by atoms with Crippen LogP contribution in [-0.2, 0) is 5.88 Å². The van der Waals surface area contributed by atoms with Gasteiger partial charge in [0.25, 0.3) is 5.89 Å². The zero-order valence-electron chi connectivity index (χ0n) is 11.5.